The van der Waals surface area contributed by atoms with E-state index in [2.05, 4.69) is 22.2 Å². The fraction of sp³-hybridized carbons (Fsp3) is 0.739. The minimum atomic E-state index is -3.56. The summed E-state index contributed by atoms with van der Waals surface area (Å²) in [6.45, 7) is 1.12. The standard InChI is InChI=1S/C23H37N3O4S/c27-23(28)21(26-31(29,30)20-12-6-4-7-13-20)14-8-3-1-2-5-11-19-16-15-18-10-9-17-24-22(18)25-19/h15-16,20-21,26H,1-14,17H2,(H,24,25)(H,27,28)/p+1/t21-/m0/s1. The van der Waals surface area contributed by atoms with Gasteiger partial charge < -0.3 is 5.11 Å². The average molecular weight is 453 g/mol. The van der Waals surface area contributed by atoms with Crippen molar-refractivity contribution in [2.45, 2.75) is 101 Å². The van der Waals surface area contributed by atoms with Gasteiger partial charge in [0, 0.05) is 17.7 Å². The summed E-state index contributed by atoms with van der Waals surface area (Å²) in [5, 5.41) is 11.3. The summed E-state index contributed by atoms with van der Waals surface area (Å²) in [5.74, 6) is 0.0915. The number of carbonyl (C=O) groups is 1. The molecule has 0 saturated heterocycles. The molecular weight excluding hydrogens is 414 g/mol. The molecule has 31 heavy (non-hydrogen) atoms. The van der Waals surface area contributed by atoms with Gasteiger partial charge in [0.25, 0.3) is 0 Å². The second-order valence-corrected chi connectivity index (χ2v) is 11.1. The van der Waals surface area contributed by atoms with Crippen molar-refractivity contribution in [3.05, 3.63) is 23.4 Å². The molecule has 1 aromatic rings. The number of carboxylic acids is 1. The van der Waals surface area contributed by atoms with Crippen LogP contribution in [0.5, 0.6) is 0 Å². The summed E-state index contributed by atoms with van der Waals surface area (Å²) in [6, 6.07) is 3.35. The molecule has 1 aliphatic carbocycles. The van der Waals surface area contributed by atoms with Crippen LogP contribution < -0.4 is 10.0 Å². The molecule has 174 valence electrons. The summed E-state index contributed by atoms with van der Waals surface area (Å²) in [4.78, 5) is 16.3. The molecule has 2 heterocycles. The first-order valence-corrected chi connectivity index (χ1v) is 13.6. The molecular formula is C23H38N3O4S+. The van der Waals surface area contributed by atoms with E-state index in [1.54, 1.807) is 0 Å². The lowest BCUT2D eigenvalue weighted by molar-refractivity contribution is -0.579. The van der Waals surface area contributed by atoms with Gasteiger partial charge in [-0.3, -0.25) is 10.1 Å². The van der Waals surface area contributed by atoms with Gasteiger partial charge in [-0.05, 0) is 50.7 Å². The van der Waals surface area contributed by atoms with Crippen molar-refractivity contribution >= 4 is 21.8 Å². The van der Waals surface area contributed by atoms with Crippen LogP contribution in [0.3, 0.4) is 0 Å². The largest absolute Gasteiger partial charge is 0.480 e. The lowest BCUT2D eigenvalue weighted by Gasteiger charge is -2.24. The normalized spacial score (nSPS) is 18.5. The number of hydrogen-bond donors (Lipinski definition) is 3. The summed E-state index contributed by atoms with van der Waals surface area (Å²) in [5.41, 5.74) is 2.52. The van der Waals surface area contributed by atoms with Crippen molar-refractivity contribution in [3.8, 4) is 0 Å². The number of carboxylic acid groups (broad SMARTS) is 1. The van der Waals surface area contributed by atoms with E-state index < -0.39 is 27.3 Å². The Hall–Kier alpha value is -1.51. The number of pyridine rings is 1. The Morgan fingerprint density at radius 1 is 1.10 bits per heavy atom. The molecule has 1 atom stereocenters. The number of hydrogen-bond acceptors (Lipinski definition) is 4. The topological polar surface area (TPSA) is 113 Å². The summed E-state index contributed by atoms with van der Waals surface area (Å²) >= 11 is 0. The van der Waals surface area contributed by atoms with E-state index in [-0.39, 0.29) is 0 Å². The van der Waals surface area contributed by atoms with Gasteiger partial charge in [0.15, 0.2) is 0 Å². The Balaban J connectivity index is 1.32. The van der Waals surface area contributed by atoms with Gasteiger partial charge in [-0.15, -0.1) is 0 Å². The van der Waals surface area contributed by atoms with Crippen molar-refractivity contribution < 1.29 is 23.6 Å². The van der Waals surface area contributed by atoms with Crippen LogP contribution in [-0.2, 0) is 27.7 Å². The zero-order chi connectivity index (χ0) is 22.1. The predicted molar refractivity (Wildman–Crippen MR) is 121 cm³/mol. The number of unbranched alkanes of at least 4 members (excludes halogenated alkanes) is 4. The van der Waals surface area contributed by atoms with E-state index in [1.807, 2.05) is 0 Å². The quantitative estimate of drug-likeness (QED) is 0.422. The molecule has 0 radical (unpaired) electrons. The van der Waals surface area contributed by atoms with Gasteiger partial charge in [0.2, 0.25) is 15.8 Å². The van der Waals surface area contributed by atoms with E-state index in [4.69, 9.17) is 4.98 Å². The van der Waals surface area contributed by atoms with E-state index in [9.17, 15) is 18.3 Å². The number of nitrogens with zero attached hydrogens (tertiary/aromatic N) is 1. The van der Waals surface area contributed by atoms with Crippen molar-refractivity contribution in [1.82, 2.24) is 9.71 Å². The van der Waals surface area contributed by atoms with E-state index in [1.165, 1.54) is 17.8 Å². The van der Waals surface area contributed by atoms with Crippen LogP contribution in [0.4, 0.5) is 5.82 Å². The molecule has 0 spiro atoms. The fourth-order valence-electron chi connectivity index (χ4n) is 4.69. The Bertz CT molecular complexity index is 822. The maximum atomic E-state index is 12.5. The van der Waals surface area contributed by atoms with Gasteiger partial charge in [0.1, 0.15) is 6.04 Å². The monoisotopic (exact) mass is 452 g/mol. The van der Waals surface area contributed by atoms with Crippen LogP contribution in [0.25, 0.3) is 0 Å². The van der Waals surface area contributed by atoms with E-state index >= 15 is 0 Å². The zero-order valence-corrected chi connectivity index (χ0v) is 19.3. The SMILES string of the molecule is O=C(O)[C@H](CCCCCCCc1ccc2c(n1)[NH2+]CCC2)NS(=O)(=O)C1CCCCC1. The number of rotatable bonds is 12. The highest BCUT2D eigenvalue weighted by Crippen LogP contribution is 2.24. The van der Waals surface area contributed by atoms with Crippen molar-refractivity contribution in [2.75, 3.05) is 6.54 Å². The smallest absolute Gasteiger partial charge is 0.321 e. The van der Waals surface area contributed by atoms with Gasteiger partial charge >= 0.3 is 5.97 Å². The fourth-order valence-corrected chi connectivity index (χ4v) is 6.45. The number of aryl methyl sites for hydroxylation is 2. The van der Waals surface area contributed by atoms with Gasteiger partial charge in [0.05, 0.1) is 11.8 Å². The molecule has 1 aromatic heterocycles. The maximum Gasteiger partial charge on any atom is 0.321 e. The Kier molecular flexibility index (Phi) is 9.29. The molecule has 0 aromatic carbocycles. The number of nitrogens with one attached hydrogen (secondary N) is 1. The Labute approximate surface area is 186 Å². The highest BCUT2D eigenvalue weighted by Gasteiger charge is 2.31. The third kappa shape index (κ3) is 7.54. The number of nitrogens with two attached hydrogens (primary N) is 1. The highest BCUT2D eigenvalue weighted by molar-refractivity contribution is 7.90. The van der Waals surface area contributed by atoms with Gasteiger partial charge in [-0.25, -0.2) is 18.1 Å². The Morgan fingerprint density at radius 3 is 2.61 bits per heavy atom. The molecule has 2 aliphatic rings. The highest BCUT2D eigenvalue weighted by atomic mass is 32.2. The molecule has 7 nitrogen and oxygen atoms in total. The Morgan fingerprint density at radius 2 is 1.84 bits per heavy atom. The van der Waals surface area contributed by atoms with Crippen LogP contribution in [0.2, 0.25) is 0 Å². The first kappa shape index (κ1) is 24.1. The van der Waals surface area contributed by atoms with Crippen LogP contribution in [0, 0.1) is 0 Å². The minimum Gasteiger partial charge on any atom is -0.480 e. The van der Waals surface area contributed by atoms with Crippen LogP contribution in [0.1, 0.15) is 88.3 Å². The van der Waals surface area contributed by atoms with Gasteiger partial charge in [-0.1, -0.05) is 44.9 Å². The van der Waals surface area contributed by atoms with Crippen LogP contribution >= 0.6 is 0 Å². The second kappa shape index (κ2) is 11.9. The summed E-state index contributed by atoms with van der Waals surface area (Å²) < 4.78 is 27.5. The molecule has 3 rings (SSSR count). The molecule has 8 heteroatoms. The minimum absolute atomic E-state index is 0.351. The summed E-state index contributed by atoms with van der Waals surface area (Å²) in [6.07, 6.45) is 12.6. The first-order chi connectivity index (χ1) is 15.0. The number of sulfonamides is 1. The number of quaternary nitrogens is 1. The maximum absolute atomic E-state index is 12.5. The lowest BCUT2D eigenvalue weighted by Crippen LogP contribution is -2.80. The van der Waals surface area contributed by atoms with E-state index in [0.29, 0.717) is 19.3 Å². The first-order valence-electron chi connectivity index (χ1n) is 12.0. The molecule has 0 bridgehead atoms. The van der Waals surface area contributed by atoms with Crippen LogP contribution in [0.15, 0.2) is 12.1 Å². The number of aliphatic carboxylic acids is 1. The third-order valence-electron chi connectivity index (χ3n) is 6.58. The number of fused-ring (bicyclic) bond motifs is 1. The third-order valence-corrected chi connectivity index (χ3v) is 8.54. The van der Waals surface area contributed by atoms with Gasteiger partial charge in [-0.2, -0.15) is 0 Å². The molecule has 1 aliphatic heterocycles. The average Bonchev–Trinajstić information content (AvgIpc) is 2.78. The summed E-state index contributed by atoms with van der Waals surface area (Å²) in [7, 11) is -3.56. The molecule has 0 unspecified atom stereocenters. The molecule has 4 N–H and O–H groups in total. The van der Waals surface area contributed by atoms with Crippen molar-refractivity contribution in [3.63, 3.8) is 0 Å². The number of aromatic nitrogens is 1. The lowest BCUT2D eigenvalue weighted by atomic mass is 10.0. The predicted octanol–water partition coefficient (Wildman–Crippen LogP) is 2.81. The van der Waals surface area contributed by atoms with Crippen molar-refractivity contribution in [2.24, 2.45) is 0 Å². The molecule has 1 fully saturated rings. The second-order valence-electron chi connectivity index (χ2n) is 9.06. The molecule has 1 saturated carbocycles. The van der Waals surface area contributed by atoms with E-state index in [0.717, 1.165) is 76.4 Å². The zero-order valence-electron chi connectivity index (χ0n) is 18.5. The molecule has 0 amide bonds. The van der Waals surface area contributed by atoms with Crippen molar-refractivity contribution in [1.29, 1.82) is 0 Å². The van der Waals surface area contributed by atoms with Crippen LogP contribution in [-0.4, -0.2) is 42.3 Å².